The van der Waals surface area contributed by atoms with Crippen LogP contribution in [0, 0.1) is 0 Å². The summed E-state index contributed by atoms with van der Waals surface area (Å²) in [5.74, 6) is 0.432. The van der Waals surface area contributed by atoms with Gasteiger partial charge in [-0.2, -0.15) is 0 Å². The quantitative estimate of drug-likeness (QED) is 0.546. The van der Waals surface area contributed by atoms with E-state index in [0.717, 1.165) is 4.90 Å². The molecule has 0 aliphatic heterocycles. The molecule has 0 fully saturated rings. The Hall–Kier alpha value is -0.515. The first-order valence-electron chi connectivity index (χ1n) is 3.89. The average Bonchev–Trinajstić information content (AvgIpc) is 2.15. The number of alkyl halides is 1. The summed E-state index contributed by atoms with van der Waals surface area (Å²) in [5, 5.41) is 17.6. The summed E-state index contributed by atoms with van der Waals surface area (Å²) < 4.78 is 11.8. The van der Waals surface area contributed by atoms with Crippen LogP contribution in [0.25, 0.3) is 0 Å². The molecule has 5 heteroatoms. The summed E-state index contributed by atoms with van der Waals surface area (Å²) in [4.78, 5) is 0.932. The van der Waals surface area contributed by atoms with Crippen molar-refractivity contribution in [3.63, 3.8) is 0 Å². The molecule has 1 rings (SSSR count). The third-order valence-corrected chi connectivity index (χ3v) is 2.49. The maximum Gasteiger partial charge on any atom is 0.488 e. The third kappa shape index (κ3) is 3.38. The third-order valence-electron chi connectivity index (χ3n) is 1.52. The Kier molecular flexibility index (Phi) is 4.28. The molecule has 0 atom stereocenters. The topological polar surface area (TPSA) is 40.5 Å². The van der Waals surface area contributed by atoms with Gasteiger partial charge in [0.2, 0.25) is 0 Å². The molecule has 2 N–H and O–H groups in total. The van der Waals surface area contributed by atoms with Crippen molar-refractivity contribution in [2.24, 2.45) is 0 Å². The number of thioether (sulfide) groups is 1. The van der Waals surface area contributed by atoms with Crippen molar-refractivity contribution in [1.82, 2.24) is 0 Å². The van der Waals surface area contributed by atoms with Crippen molar-refractivity contribution in [2.45, 2.75) is 4.90 Å². The summed E-state index contributed by atoms with van der Waals surface area (Å²) >= 11 is 1.40. The average molecular weight is 200 g/mol. The minimum atomic E-state index is -1.43. The zero-order chi connectivity index (χ0) is 9.68. The van der Waals surface area contributed by atoms with Crippen molar-refractivity contribution in [2.75, 3.05) is 12.4 Å². The number of hydrogen-bond acceptors (Lipinski definition) is 3. The van der Waals surface area contributed by atoms with Gasteiger partial charge in [0.1, 0.15) is 0 Å². The van der Waals surface area contributed by atoms with Crippen molar-refractivity contribution in [1.29, 1.82) is 0 Å². The standard InChI is InChI=1S/C8H10BFO2S/c10-5-6-13-8-3-1-7(2-4-8)9(11)12/h1-4,11-12H,5-6H2. The lowest BCUT2D eigenvalue weighted by molar-refractivity contribution is 0.426. The molecule has 0 bridgehead atoms. The molecule has 0 spiro atoms. The lowest BCUT2D eigenvalue weighted by Crippen LogP contribution is -2.29. The molecule has 0 saturated carbocycles. The van der Waals surface area contributed by atoms with Crippen LogP contribution in [0.15, 0.2) is 29.2 Å². The second-order valence-corrected chi connectivity index (χ2v) is 3.65. The summed E-state index contributed by atoms with van der Waals surface area (Å²) in [5.41, 5.74) is 0.449. The van der Waals surface area contributed by atoms with Gasteiger partial charge in [0.05, 0.1) is 6.67 Å². The molecule has 13 heavy (non-hydrogen) atoms. The van der Waals surface area contributed by atoms with Gasteiger partial charge >= 0.3 is 7.12 Å². The highest BCUT2D eigenvalue weighted by atomic mass is 32.2. The minimum Gasteiger partial charge on any atom is -0.423 e. The van der Waals surface area contributed by atoms with E-state index in [9.17, 15) is 4.39 Å². The van der Waals surface area contributed by atoms with Crippen LogP contribution in [0.4, 0.5) is 4.39 Å². The molecular formula is C8H10BFO2S. The molecule has 1 aromatic rings. The van der Waals surface area contributed by atoms with Crippen LogP contribution >= 0.6 is 11.8 Å². The molecular weight excluding hydrogens is 190 g/mol. The molecule has 0 aliphatic rings. The van der Waals surface area contributed by atoms with Crippen LogP contribution in [-0.2, 0) is 0 Å². The lowest BCUT2D eigenvalue weighted by atomic mass is 9.81. The molecule has 0 amide bonds. The number of rotatable bonds is 4. The summed E-state index contributed by atoms with van der Waals surface area (Å²) in [6.45, 7) is -0.352. The molecule has 1 aromatic carbocycles. The Labute approximate surface area is 80.9 Å². The first kappa shape index (κ1) is 10.6. The van der Waals surface area contributed by atoms with Gasteiger partial charge in [-0.25, -0.2) is 0 Å². The highest BCUT2D eigenvalue weighted by molar-refractivity contribution is 7.99. The fraction of sp³-hybridized carbons (Fsp3) is 0.250. The molecule has 0 radical (unpaired) electrons. The minimum absolute atomic E-state index is 0.352. The van der Waals surface area contributed by atoms with Crippen molar-refractivity contribution in [3.05, 3.63) is 24.3 Å². The van der Waals surface area contributed by atoms with Crippen molar-refractivity contribution >= 4 is 24.3 Å². The van der Waals surface area contributed by atoms with Crippen LogP contribution in [0.2, 0.25) is 0 Å². The molecule has 0 aliphatic carbocycles. The summed E-state index contributed by atoms with van der Waals surface area (Å²) in [6, 6.07) is 6.72. The van der Waals surface area contributed by atoms with Gasteiger partial charge in [-0.15, -0.1) is 11.8 Å². The van der Waals surface area contributed by atoms with Gasteiger partial charge < -0.3 is 10.0 Å². The monoisotopic (exact) mass is 200 g/mol. The van der Waals surface area contributed by atoms with Gasteiger partial charge in [0.25, 0.3) is 0 Å². The molecule has 70 valence electrons. The normalized spacial score (nSPS) is 10.1. The molecule has 0 heterocycles. The van der Waals surface area contributed by atoms with Gasteiger partial charge in [-0.3, -0.25) is 4.39 Å². The van der Waals surface area contributed by atoms with Gasteiger partial charge in [0, 0.05) is 10.6 Å². The van der Waals surface area contributed by atoms with E-state index >= 15 is 0 Å². The SMILES string of the molecule is OB(O)c1ccc(SCCF)cc1. The van der Waals surface area contributed by atoms with E-state index in [2.05, 4.69) is 0 Å². The van der Waals surface area contributed by atoms with E-state index in [1.165, 1.54) is 11.8 Å². The molecule has 0 aromatic heterocycles. The van der Waals surface area contributed by atoms with Gasteiger partial charge in [-0.1, -0.05) is 12.1 Å². The Morgan fingerprint density at radius 1 is 1.23 bits per heavy atom. The molecule has 0 unspecified atom stereocenters. The van der Waals surface area contributed by atoms with E-state index in [1.54, 1.807) is 24.3 Å². The van der Waals surface area contributed by atoms with Crippen LogP contribution in [-0.4, -0.2) is 29.6 Å². The summed E-state index contributed by atoms with van der Waals surface area (Å²) in [7, 11) is -1.43. The van der Waals surface area contributed by atoms with E-state index in [-0.39, 0.29) is 6.67 Å². The Bertz CT molecular complexity index is 253. The number of halogens is 1. The van der Waals surface area contributed by atoms with Crippen LogP contribution in [0.5, 0.6) is 0 Å². The highest BCUT2D eigenvalue weighted by Gasteiger charge is 2.09. The fourth-order valence-electron chi connectivity index (χ4n) is 0.893. The predicted octanol–water partition coefficient (Wildman–Crippen LogP) is 0.428. The van der Waals surface area contributed by atoms with E-state index < -0.39 is 7.12 Å². The first-order valence-corrected chi connectivity index (χ1v) is 4.87. The van der Waals surface area contributed by atoms with E-state index in [0.29, 0.717) is 11.2 Å². The second-order valence-electron chi connectivity index (χ2n) is 2.48. The smallest absolute Gasteiger partial charge is 0.423 e. The lowest BCUT2D eigenvalue weighted by Gasteiger charge is -2.01. The number of benzene rings is 1. The van der Waals surface area contributed by atoms with Crippen molar-refractivity contribution in [3.8, 4) is 0 Å². The van der Waals surface area contributed by atoms with E-state index in [1.807, 2.05) is 0 Å². The largest absolute Gasteiger partial charge is 0.488 e. The maximum absolute atomic E-state index is 11.8. The summed E-state index contributed by atoms with van der Waals surface area (Å²) in [6.07, 6.45) is 0. The Balaban J connectivity index is 2.59. The van der Waals surface area contributed by atoms with Crippen molar-refractivity contribution < 1.29 is 14.4 Å². The fourth-order valence-corrected chi connectivity index (χ4v) is 1.53. The van der Waals surface area contributed by atoms with Crippen LogP contribution in [0.3, 0.4) is 0 Å². The predicted molar refractivity (Wildman–Crippen MR) is 53.0 cm³/mol. The second kappa shape index (κ2) is 5.27. The van der Waals surface area contributed by atoms with Crippen LogP contribution < -0.4 is 5.46 Å². The van der Waals surface area contributed by atoms with E-state index in [4.69, 9.17) is 10.0 Å². The maximum atomic E-state index is 11.8. The zero-order valence-electron chi connectivity index (χ0n) is 6.98. The van der Waals surface area contributed by atoms with Gasteiger partial charge in [-0.05, 0) is 17.6 Å². The highest BCUT2D eigenvalue weighted by Crippen LogP contribution is 2.15. The molecule has 0 saturated heterocycles. The zero-order valence-corrected chi connectivity index (χ0v) is 7.80. The first-order chi connectivity index (χ1) is 6.24. The Morgan fingerprint density at radius 2 is 1.85 bits per heavy atom. The van der Waals surface area contributed by atoms with Crippen LogP contribution in [0.1, 0.15) is 0 Å². The number of hydrogen-bond donors (Lipinski definition) is 2. The van der Waals surface area contributed by atoms with Gasteiger partial charge in [0.15, 0.2) is 0 Å². The Morgan fingerprint density at radius 3 is 2.31 bits per heavy atom. The molecule has 2 nitrogen and oxygen atoms in total.